The summed E-state index contributed by atoms with van der Waals surface area (Å²) in [6.45, 7) is 1.35. The molecule has 1 aromatic rings. The van der Waals surface area contributed by atoms with Gasteiger partial charge in [-0.1, -0.05) is 23.7 Å². The number of hydrogen-bond acceptors (Lipinski definition) is 3. The fraction of sp³-hybridized carbons (Fsp3) is 0.429. The van der Waals surface area contributed by atoms with Crippen LogP contribution in [0.15, 0.2) is 24.3 Å². The second kappa shape index (κ2) is 4.85. The average molecular weight is 280 g/mol. The molecule has 4 nitrogen and oxygen atoms in total. The summed E-state index contributed by atoms with van der Waals surface area (Å²) in [4.78, 5) is 25.6. The number of hydrogen-bond donors (Lipinski definition) is 0. The minimum atomic E-state index is -0.284. The number of nitrogens with zero attached hydrogens (tertiary/aromatic N) is 1. The first-order chi connectivity index (χ1) is 9.15. The monoisotopic (exact) mass is 279 g/mol. The number of esters is 1. The van der Waals surface area contributed by atoms with Gasteiger partial charge < -0.3 is 9.64 Å². The molecule has 0 aromatic heterocycles. The van der Waals surface area contributed by atoms with E-state index in [1.165, 1.54) is 0 Å². The van der Waals surface area contributed by atoms with Gasteiger partial charge in [-0.05, 0) is 24.1 Å². The lowest BCUT2D eigenvalue weighted by Crippen LogP contribution is -2.32. The summed E-state index contributed by atoms with van der Waals surface area (Å²) < 4.78 is 5.02. The molecule has 2 aliphatic rings. The Morgan fingerprint density at radius 2 is 1.95 bits per heavy atom. The Morgan fingerprint density at radius 3 is 2.63 bits per heavy atom. The second-order valence-electron chi connectivity index (χ2n) is 5.01. The largest absolute Gasteiger partial charge is 0.465 e. The molecule has 19 heavy (non-hydrogen) atoms. The molecule has 2 unspecified atom stereocenters. The van der Waals surface area contributed by atoms with Gasteiger partial charge in [0.2, 0.25) is 5.91 Å². The van der Waals surface area contributed by atoms with E-state index in [1.807, 2.05) is 12.1 Å². The summed E-state index contributed by atoms with van der Waals surface area (Å²) in [5.41, 5.74) is 1.02. The Labute approximate surface area is 116 Å². The molecule has 5 heteroatoms. The lowest BCUT2D eigenvalue weighted by atomic mass is 9.91. The molecule has 1 aromatic carbocycles. The van der Waals surface area contributed by atoms with E-state index in [9.17, 15) is 9.59 Å². The van der Waals surface area contributed by atoms with Crippen LogP contribution in [0, 0.1) is 11.8 Å². The zero-order valence-corrected chi connectivity index (χ0v) is 11.1. The van der Waals surface area contributed by atoms with Crippen molar-refractivity contribution < 1.29 is 14.3 Å². The lowest BCUT2D eigenvalue weighted by molar-refractivity contribution is -0.156. The fourth-order valence-electron chi connectivity index (χ4n) is 2.77. The number of ether oxygens (including phenoxy) is 1. The van der Waals surface area contributed by atoms with Crippen molar-refractivity contribution in [2.24, 2.45) is 11.8 Å². The smallest absolute Gasteiger partial charge is 0.311 e. The van der Waals surface area contributed by atoms with E-state index in [0.717, 1.165) is 5.56 Å². The van der Waals surface area contributed by atoms with Gasteiger partial charge in [0.1, 0.15) is 0 Å². The Bertz CT molecular complexity index is 514. The minimum absolute atomic E-state index is 0.0663. The van der Waals surface area contributed by atoms with E-state index in [2.05, 4.69) is 0 Å². The van der Waals surface area contributed by atoms with Gasteiger partial charge in [0.25, 0.3) is 0 Å². The zero-order valence-electron chi connectivity index (χ0n) is 10.3. The molecule has 2 atom stereocenters. The highest BCUT2D eigenvalue weighted by molar-refractivity contribution is 6.30. The van der Waals surface area contributed by atoms with Crippen molar-refractivity contribution in [2.75, 3.05) is 13.2 Å². The average Bonchev–Trinajstić information content (AvgIpc) is 2.72. The minimum Gasteiger partial charge on any atom is -0.465 e. The highest BCUT2D eigenvalue weighted by Crippen LogP contribution is 2.32. The highest BCUT2D eigenvalue weighted by Gasteiger charge is 2.46. The van der Waals surface area contributed by atoms with Gasteiger partial charge in [-0.25, -0.2) is 0 Å². The Hall–Kier alpha value is -1.55. The van der Waals surface area contributed by atoms with Crippen LogP contribution in [0.5, 0.6) is 0 Å². The number of halogens is 1. The van der Waals surface area contributed by atoms with Crippen molar-refractivity contribution in [3.8, 4) is 0 Å². The number of cyclic esters (lactones) is 1. The van der Waals surface area contributed by atoms with Crippen molar-refractivity contribution in [3.63, 3.8) is 0 Å². The van der Waals surface area contributed by atoms with Crippen molar-refractivity contribution in [2.45, 2.75) is 13.0 Å². The third-order valence-electron chi connectivity index (χ3n) is 3.79. The number of rotatable bonds is 2. The molecule has 0 bridgehead atoms. The Morgan fingerprint density at radius 1 is 1.21 bits per heavy atom. The van der Waals surface area contributed by atoms with Gasteiger partial charge in [0.05, 0.1) is 18.4 Å². The van der Waals surface area contributed by atoms with Gasteiger partial charge >= 0.3 is 5.97 Å². The van der Waals surface area contributed by atoms with Crippen LogP contribution in [0.2, 0.25) is 5.02 Å². The molecule has 2 aliphatic heterocycles. The van der Waals surface area contributed by atoms with Crippen LogP contribution in [0.3, 0.4) is 0 Å². The standard InChI is InChI=1S/C14H14ClNO3/c15-10-3-1-9(2-4-10)7-16-8-12-11(13(16)17)5-6-19-14(12)18/h1-4,11-12H,5-8H2. The predicted molar refractivity (Wildman–Crippen MR) is 69.4 cm³/mol. The number of fused-ring (bicyclic) bond motifs is 1. The quantitative estimate of drug-likeness (QED) is 0.777. The van der Waals surface area contributed by atoms with Crippen molar-refractivity contribution in [1.29, 1.82) is 0 Å². The number of carbonyl (C=O) groups excluding carboxylic acids is 2. The molecule has 100 valence electrons. The van der Waals surface area contributed by atoms with Crippen molar-refractivity contribution in [3.05, 3.63) is 34.9 Å². The third-order valence-corrected chi connectivity index (χ3v) is 4.05. The number of benzene rings is 1. The molecule has 2 fully saturated rings. The lowest BCUT2D eigenvalue weighted by Gasteiger charge is -2.20. The van der Waals surface area contributed by atoms with E-state index in [1.54, 1.807) is 17.0 Å². The van der Waals surface area contributed by atoms with Crippen LogP contribution in [-0.2, 0) is 20.9 Å². The molecule has 0 aliphatic carbocycles. The van der Waals surface area contributed by atoms with E-state index in [4.69, 9.17) is 16.3 Å². The molecular weight excluding hydrogens is 266 g/mol. The van der Waals surface area contributed by atoms with Crippen LogP contribution in [0.4, 0.5) is 0 Å². The maximum atomic E-state index is 12.2. The maximum Gasteiger partial charge on any atom is 0.311 e. The van der Waals surface area contributed by atoms with Crippen LogP contribution >= 0.6 is 11.6 Å². The summed E-state index contributed by atoms with van der Waals surface area (Å²) in [5, 5.41) is 0.675. The van der Waals surface area contributed by atoms with E-state index < -0.39 is 0 Å². The van der Waals surface area contributed by atoms with Crippen LogP contribution in [0.25, 0.3) is 0 Å². The summed E-state index contributed by atoms with van der Waals surface area (Å²) >= 11 is 5.83. The normalized spacial score (nSPS) is 26.3. The zero-order chi connectivity index (χ0) is 13.4. The molecule has 0 radical (unpaired) electrons. The molecule has 1 amide bonds. The Kier molecular flexibility index (Phi) is 3.19. The summed E-state index contributed by atoms with van der Waals surface area (Å²) in [6.07, 6.45) is 0.645. The number of likely N-dealkylation sites (tertiary alicyclic amines) is 1. The predicted octanol–water partition coefficient (Wildman–Crippen LogP) is 1.86. The van der Waals surface area contributed by atoms with E-state index in [0.29, 0.717) is 31.1 Å². The van der Waals surface area contributed by atoms with Gasteiger partial charge in [-0.2, -0.15) is 0 Å². The second-order valence-corrected chi connectivity index (χ2v) is 5.45. The molecule has 2 saturated heterocycles. The van der Waals surface area contributed by atoms with Crippen LogP contribution in [-0.4, -0.2) is 29.9 Å². The first kappa shape index (κ1) is 12.5. The van der Waals surface area contributed by atoms with Crippen LogP contribution < -0.4 is 0 Å². The van der Waals surface area contributed by atoms with Gasteiger partial charge in [0.15, 0.2) is 0 Å². The van der Waals surface area contributed by atoms with Gasteiger partial charge in [0, 0.05) is 18.1 Å². The molecule has 0 spiro atoms. The number of carbonyl (C=O) groups is 2. The highest BCUT2D eigenvalue weighted by atomic mass is 35.5. The summed E-state index contributed by atoms with van der Waals surface area (Å²) in [5.74, 6) is -0.637. The van der Waals surface area contributed by atoms with Crippen LogP contribution in [0.1, 0.15) is 12.0 Å². The molecular formula is C14H14ClNO3. The SMILES string of the molecule is O=C1OCCC2C(=O)N(Cc3ccc(Cl)cc3)CC12. The third kappa shape index (κ3) is 2.32. The summed E-state index contributed by atoms with van der Waals surface area (Å²) in [6, 6.07) is 7.41. The fourth-order valence-corrected chi connectivity index (χ4v) is 2.90. The number of amides is 1. The van der Waals surface area contributed by atoms with E-state index >= 15 is 0 Å². The first-order valence-electron chi connectivity index (χ1n) is 6.35. The Balaban J connectivity index is 1.74. The van der Waals surface area contributed by atoms with Crippen molar-refractivity contribution >= 4 is 23.5 Å². The molecule has 0 saturated carbocycles. The molecule has 2 heterocycles. The van der Waals surface area contributed by atoms with E-state index in [-0.39, 0.29) is 23.7 Å². The first-order valence-corrected chi connectivity index (χ1v) is 6.73. The molecule has 0 N–H and O–H groups in total. The maximum absolute atomic E-state index is 12.2. The van der Waals surface area contributed by atoms with Crippen molar-refractivity contribution in [1.82, 2.24) is 4.90 Å². The van der Waals surface area contributed by atoms with Gasteiger partial charge in [-0.3, -0.25) is 9.59 Å². The topological polar surface area (TPSA) is 46.6 Å². The van der Waals surface area contributed by atoms with Gasteiger partial charge in [-0.15, -0.1) is 0 Å². The molecule has 3 rings (SSSR count). The summed E-state index contributed by atoms with van der Waals surface area (Å²) in [7, 11) is 0.